The van der Waals surface area contributed by atoms with E-state index in [1.807, 2.05) is 24.3 Å². The number of ether oxygens (including phenoxy) is 2. The van der Waals surface area contributed by atoms with E-state index in [-0.39, 0.29) is 24.2 Å². The van der Waals surface area contributed by atoms with E-state index >= 15 is 0 Å². The standard InChI is InChI=1S/C15H16FNO2/c1-18-12-8-6-11(7-9-12)14(17)10-19-15-5-3-2-4-13(15)16/h2-9,14H,10,17H2,1H3. The first-order chi connectivity index (χ1) is 9.20. The van der Waals surface area contributed by atoms with Gasteiger partial charge in [-0.2, -0.15) is 0 Å². The van der Waals surface area contributed by atoms with Crippen LogP contribution in [0.15, 0.2) is 48.5 Å². The largest absolute Gasteiger partial charge is 0.497 e. The third-order valence-corrected chi connectivity index (χ3v) is 2.80. The van der Waals surface area contributed by atoms with Gasteiger partial charge in [0.05, 0.1) is 13.2 Å². The van der Waals surface area contributed by atoms with E-state index < -0.39 is 0 Å². The maximum Gasteiger partial charge on any atom is 0.165 e. The number of hydrogen-bond acceptors (Lipinski definition) is 3. The Morgan fingerprint density at radius 2 is 1.79 bits per heavy atom. The van der Waals surface area contributed by atoms with Crippen molar-refractivity contribution in [2.24, 2.45) is 5.73 Å². The van der Waals surface area contributed by atoms with Crippen LogP contribution in [0.3, 0.4) is 0 Å². The van der Waals surface area contributed by atoms with Crippen molar-refractivity contribution < 1.29 is 13.9 Å². The Bertz CT molecular complexity index is 528. The van der Waals surface area contributed by atoms with Gasteiger partial charge in [-0.15, -0.1) is 0 Å². The molecule has 0 amide bonds. The van der Waals surface area contributed by atoms with E-state index in [1.165, 1.54) is 6.07 Å². The third-order valence-electron chi connectivity index (χ3n) is 2.80. The van der Waals surface area contributed by atoms with Crippen LogP contribution in [0.4, 0.5) is 4.39 Å². The molecule has 0 aliphatic heterocycles. The summed E-state index contributed by atoms with van der Waals surface area (Å²) in [5.74, 6) is 0.599. The maximum atomic E-state index is 13.4. The highest BCUT2D eigenvalue weighted by atomic mass is 19.1. The lowest BCUT2D eigenvalue weighted by Crippen LogP contribution is -2.19. The number of rotatable bonds is 5. The SMILES string of the molecule is COc1ccc(C(N)COc2ccccc2F)cc1. The monoisotopic (exact) mass is 261 g/mol. The summed E-state index contributed by atoms with van der Waals surface area (Å²) in [7, 11) is 1.61. The molecule has 0 radical (unpaired) electrons. The molecule has 0 aliphatic rings. The molecule has 0 heterocycles. The maximum absolute atomic E-state index is 13.4. The van der Waals surface area contributed by atoms with E-state index in [2.05, 4.69) is 0 Å². The summed E-state index contributed by atoms with van der Waals surface area (Å²) in [6, 6.07) is 13.4. The van der Waals surface area contributed by atoms with Crippen LogP contribution in [0.25, 0.3) is 0 Å². The van der Waals surface area contributed by atoms with Gasteiger partial charge in [-0.1, -0.05) is 24.3 Å². The van der Waals surface area contributed by atoms with Crippen LogP contribution < -0.4 is 15.2 Å². The second kappa shape index (κ2) is 6.20. The fraction of sp³-hybridized carbons (Fsp3) is 0.200. The fourth-order valence-corrected chi connectivity index (χ4v) is 1.69. The lowest BCUT2D eigenvalue weighted by Gasteiger charge is -2.14. The predicted molar refractivity (Wildman–Crippen MR) is 71.8 cm³/mol. The molecule has 0 aliphatic carbocycles. The summed E-state index contributed by atoms with van der Waals surface area (Å²) in [5.41, 5.74) is 6.91. The van der Waals surface area contributed by atoms with Gasteiger partial charge in [-0.05, 0) is 29.8 Å². The van der Waals surface area contributed by atoms with Crippen LogP contribution in [0, 0.1) is 5.82 Å². The molecule has 0 saturated heterocycles. The van der Waals surface area contributed by atoms with Crippen LogP contribution in [-0.4, -0.2) is 13.7 Å². The highest BCUT2D eigenvalue weighted by Crippen LogP contribution is 2.19. The first-order valence-electron chi connectivity index (χ1n) is 5.97. The molecule has 0 aromatic heterocycles. The molecule has 2 aromatic carbocycles. The molecule has 4 heteroatoms. The van der Waals surface area contributed by atoms with Crippen molar-refractivity contribution in [1.82, 2.24) is 0 Å². The molecule has 100 valence electrons. The number of halogens is 1. The quantitative estimate of drug-likeness (QED) is 0.900. The van der Waals surface area contributed by atoms with Crippen molar-refractivity contribution in [3.63, 3.8) is 0 Å². The zero-order valence-corrected chi connectivity index (χ0v) is 10.7. The molecule has 0 spiro atoms. The van der Waals surface area contributed by atoms with E-state index in [9.17, 15) is 4.39 Å². The van der Waals surface area contributed by atoms with E-state index in [0.717, 1.165) is 11.3 Å². The van der Waals surface area contributed by atoms with Crippen LogP contribution >= 0.6 is 0 Å². The molecule has 1 atom stereocenters. The lowest BCUT2D eigenvalue weighted by molar-refractivity contribution is 0.277. The topological polar surface area (TPSA) is 44.5 Å². The predicted octanol–water partition coefficient (Wildman–Crippen LogP) is 2.91. The fourth-order valence-electron chi connectivity index (χ4n) is 1.69. The zero-order chi connectivity index (χ0) is 13.7. The van der Waals surface area contributed by atoms with Gasteiger partial charge in [0, 0.05) is 0 Å². The minimum atomic E-state index is -0.385. The Labute approximate surface area is 111 Å². The average molecular weight is 261 g/mol. The molecule has 1 unspecified atom stereocenters. The van der Waals surface area contributed by atoms with E-state index in [1.54, 1.807) is 25.3 Å². The minimum Gasteiger partial charge on any atom is -0.497 e. The number of nitrogens with two attached hydrogens (primary N) is 1. The summed E-state index contributed by atoms with van der Waals surface area (Å²) in [4.78, 5) is 0. The van der Waals surface area contributed by atoms with Crippen LogP contribution in [-0.2, 0) is 0 Å². The molecule has 19 heavy (non-hydrogen) atoms. The van der Waals surface area contributed by atoms with Crippen molar-refractivity contribution in [3.8, 4) is 11.5 Å². The number of methoxy groups -OCH3 is 1. The second-order valence-electron chi connectivity index (χ2n) is 4.12. The lowest BCUT2D eigenvalue weighted by atomic mass is 10.1. The van der Waals surface area contributed by atoms with Gasteiger partial charge >= 0.3 is 0 Å². The van der Waals surface area contributed by atoms with Gasteiger partial charge in [0.25, 0.3) is 0 Å². The normalized spacial score (nSPS) is 11.9. The molecule has 0 fully saturated rings. The molecular weight excluding hydrogens is 245 g/mol. The van der Waals surface area contributed by atoms with Gasteiger partial charge < -0.3 is 15.2 Å². The first-order valence-corrected chi connectivity index (χ1v) is 5.97. The van der Waals surface area contributed by atoms with Gasteiger partial charge in [0.1, 0.15) is 12.4 Å². The third kappa shape index (κ3) is 3.45. The molecule has 0 bridgehead atoms. The molecule has 2 rings (SSSR count). The summed E-state index contributed by atoms with van der Waals surface area (Å²) < 4.78 is 23.8. The van der Waals surface area contributed by atoms with Crippen molar-refractivity contribution in [2.45, 2.75) is 6.04 Å². The van der Waals surface area contributed by atoms with Crippen LogP contribution in [0.5, 0.6) is 11.5 Å². The molecule has 2 aromatic rings. The van der Waals surface area contributed by atoms with Gasteiger partial charge in [0.2, 0.25) is 0 Å². The van der Waals surface area contributed by atoms with Gasteiger partial charge in [-0.3, -0.25) is 0 Å². The molecule has 3 nitrogen and oxygen atoms in total. The first kappa shape index (κ1) is 13.4. The smallest absolute Gasteiger partial charge is 0.165 e. The summed E-state index contributed by atoms with van der Waals surface area (Å²) in [6.45, 7) is 0.216. The highest BCUT2D eigenvalue weighted by molar-refractivity contribution is 5.29. The van der Waals surface area contributed by atoms with Crippen LogP contribution in [0.2, 0.25) is 0 Å². The zero-order valence-electron chi connectivity index (χ0n) is 10.7. The van der Waals surface area contributed by atoms with E-state index in [4.69, 9.17) is 15.2 Å². The van der Waals surface area contributed by atoms with Crippen molar-refractivity contribution in [2.75, 3.05) is 13.7 Å². The van der Waals surface area contributed by atoms with Gasteiger partial charge in [0.15, 0.2) is 11.6 Å². The summed E-state index contributed by atoms with van der Waals surface area (Å²) in [5, 5.41) is 0. The number of para-hydroxylation sites is 1. The van der Waals surface area contributed by atoms with E-state index in [0.29, 0.717) is 0 Å². The molecule has 2 N–H and O–H groups in total. The second-order valence-corrected chi connectivity index (χ2v) is 4.12. The summed E-state index contributed by atoms with van der Waals surface area (Å²) >= 11 is 0. The minimum absolute atomic E-state index is 0.214. The Morgan fingerprint density at radius 1 is 1.11 bits per heavy atom. The van der Waals surface area contributed by atoms with Crippen molar-refractivity contribution >= 4 is 0 Å². The highest BCUT2D eigenvalue weighted by Gasteiger charge is 2.09. The Hall–Kier alpha value is -2.07. The van der Waals surface area contributed by atoms with Crippen molar-refractivity contribution in [1.29, 1.82) is 0 Å². The van der Waals surface area contributed by atoms with Crippen LogP contribution in [0.1, 0.15) is 11.6 Å². The van der Waals surface area contributed by atoms with Crippen molar-refractivity contribution in [3.05, 3.63) is 59.9 Å². The number of benzene rings is 2. The Kier molecular flexibility index (Phi) is 4.36. The summed E-state index contributed by atoms with van der Waals surface area (Å²) in [6.07, 6.45) is 0. The molecule has 0 saturated carbocycles. The van der Waals surface area contributed by atoms with Gasteiger partial charge in [-0.25, -0.2) is 4.39 Å². The Morgan fingerprint density at radius 3 is 2.42 bits per heavy atom. The average Bonchev–Trinajstić information content (AvgIpc) is 2.46. The Balaban J connectivity index is 1.97. The number of hydrogen-bond donors (Lipinski definition) is 1. The molecular formula is C15H16FNO2.